The Balaban J connectivity index is 2.37. The molecule has 9 heteroatoms. The number of nitrogens with zero attached hydrogens (tertiary/aromatic N) is 1. The molecule has 1 aliphatic rings. The Bertz CT molecular complexity index is 745. The summed E-state index contributed by atoms with van der Waals surface area (Å²) in [6.45, 7) is -0.127. The van der Waals surface area contributed by atoms with Crippen molar-refractivity contribution in [2.24, 2.45) is 0 Å². The maximum absolute atomic E-state index is 12.6. The fraction of sp³-hybridized carbons (Fsp3) is 0.455. The van der Waals surface area contributed by atoms with Gasteiger partial charge >= 0.3 is 0 Å². The first-order valence-electron chi connectivity index (χ1n) is 5.67. The summed E-state index contributed by atoms with van der Waals surface area (Å²) in [4.78, 5) is 0. The molecule has 0 aliphatic carbocycles. The van der Waals surface area contributed by atoms with Crippen LogP contribution in [0.4, 0.5) is 0 Å². The molecule has 5 nitrogen and oxygen atoms in total. The van der Waals surface area contributed by atoms with Crippen LogP contribution in [-0.4, -0.2) is 45.2 Å². The van der Waals surface area contributed by atoms with E-state index in [1.165, 1.54) is 6.07 Å². The van der Waals surface area contributed by atoms with Crippen LogP contribution in [0.25, 0.3) is 0 Å². The Morgan fingerprint density at radius 1 is 1.50 bits per heavy atom. The van der Waals surface area contributed by atoms with Gasteiger partial charge in [-0.25, -0.2) is 16.8 Å². The molecule has 0 N–H and O–H groups in total. The van der Waals surface area contributed by atoms with Crippen LogP contribution in [0.15, 0.2) is 20.1 Å². The molecule has 110 valence electrons. The van der Waals surface area contributed by atoms with Crippen LogP contribution in [0.3, 0.4) is 0 Å². The summed E-state index contributed by atoms with van der Waals surface area (Å²) in [6.07, 6.45) is 5.52. The lowest BCUT2D eigenvalue weighted by molar-refractivity contribution is 0.372. The second kappa shape index (κ2) is 5.77. The molecule has 0 bridgehead atoms. The molecule has 1 aromatic rings. The van der Waals surface area contributed by atoms with Crippen molar-refractivity contribution in [1.82, 2.24) is 4.31 Å². The highest BCUT2D eigenvalue weighted by molar-refractivity contribution is 9.11. The lowest BCUT2D eigenvalue weighted by Gasteiger charge is -2.24. The molecule has 1 fully saturated rings. The Morgan fingerprint density at radius 2 is 2.20 bits per heavy atom. The molecule has 1 aliphatic heterocycles. The van der Waals surface area contributed by atoms with Crippen LogP contribution in [0, 0.1) is 12.3 Å². The average Bonchev–Trinajstić information content (AvgIpc) is 2.92. The van der Waals surface area contributed by atoms with Crippen LogP contribution in [-0.2, 0) is 19.9 Å². The molecular weight excluding hydrogens is 386 g/mol. The number of rotatable bonds is 4. The number of sulfonamides is 1. The van der Waals surface area contributed by atoms with Gasteiger partial charge in [-0.2, -0.15) is 4.31 Å². The fourth-order valence-corrected chi connectivity index (χ4v) is 7.59. The molecule has 2 rings (SSSR count). The third kappa shape index (κ3) is 3.26. The Labute approximate surface area is 131 Å². The fourth-order valence-electron chi connectivity index (χ4n) is 2.05. The molecule has 0 saturated carbocycles. The van der Waals surface area contributed by atoms with Crippen LogP contribution in [0.5, 0.6) is 0 Å². The minimum Gasteiger partial charge on any atom is -0.229 e. The van der Waals surface area contributed by atoms with Crippen molar-refractivity contribution in [2.75, 3.05) is 18.1 Å². The summed E-state index contributed by atoms with van der Waals surface area (Å²) >= 11 is 4.29. The SMILES string of the molecule is C#CCN(C1CCS(=O)(=O)C1)S(=O)(=O)c1ccc(Br)s1. The van der Waals surface area contributed by atoms with Gasteiger partial charge in [0, 0.05) is 6.04 Å². The van der Waals surface area contributed by atoms with Crippen molar-refractivity contribution in [2.45, 2.75) is 16.7 Å². The van der Waals surface area contributed by atoms with E-state index in [9.17, 15) is 16.8 Å². The van der Waals surface area contributed by atoms with Gasteiger partial charge < -0.3 is 0 Å². The Morgan fingerprint density at radius 3 is 2.65 bits per heavy atom. The van der Waals surface area contributed by atoms with E-state index in [-0.39, 0.29) is 28.7 Å². The molecule has 0 amide bonds. The summed E-state index contributed by atoms with van der Waals surface area (Å²) in [5, 5.41) is 0. The summed E-state index contributed by atoms with van der Waals surface area (Å²) in [5.41, 5.74) is 0. The predicted octanol–water partition coefficient (Wildman–Crippen LogP) is 1.32. The van der Waals surface area contributed by atoms with Gasteiger partial charge in [0.15, 0.2) is 9.84 Å². The maximum Gasteiger partial charge on any atom is 0.253 e. The lowest BCUT2D eigenvalue weighted by Crippen LogP contribution is -2.41. The van der Waals surface area contributed by atoms with Crippen molar-refractivity contribution in [3.8, 4) is 12.3 Å². The molecule has 1 atom stereocenters. The van der Waals surface area contributed by atoms with Crippen LogP contribution < -0.4 is 0 Å². The van der Waals surface area contributed by atoms with Gasteiger partial charge in [0.05, 0.1) is 21.8 Å². The second-order valence-electron chi connectivity index (χ2n) is 4.37. The molecular formula is C11H12BrNO4S3. The first-order valence-corrected chi connectivity index (χ1v) is 10.5. The maximum atomic E-state index is 12.6. The highest BCUT2D eigenvalue weighted by Gasteiger charge is 2.38. The third-order valence-corrected chi connectivity index (χ3v) is 8.71. The molecule has 0 radical (unpaired) electrons. The topological polar surface area (TPSA) is 71.5 Å². The number of thiophene rings is 1. The van der Waals surface area contributed by atoms with Crippen LogP contribution >= 0.6 is 27.3 Å². The van der Waals surface area contributed by atoms with Gasteiger partial charge in [0.2, 0.25) is 0 Å². The van der Waals surface area contributed by atoms with E-state index in [0.29, 0.717) is 3.79 Å². The number of halogens is 1. The van der Waals surface area contributed by atoms with Gasteiger partial charge in [0.25, 0.3) is 10.0 Å². The van der Waals surface area contributed by atoms with Gasteiger partial charge in [-0.3, -0.25) is 0 Å². The Kier molecular flexibility index (Phi) is 4.61. The van der Waals surface area contributed by atoms with Gasteiger partial charge in [0.1, 0.15) is 4.21 Å². The van der Waals surface area contributed by atoms with Crippen molar-refractivity contribution >= 4 is 47.1 Å². The molecule has 2 heterocycles. The quantitative estimate of drug-likeness (QED) is 0.718. The molecule has 0 spiro atoms. The van der Waals surface area contributed by atoms with Crippen molar-refractivity contribution in [3.63, 3.8) is 0 Å². The standard InChI is InChI=1S/C11H12BrNO4S3/c1-2-6-13(9-5-7-19(14,15)8-9)20(16,17)11-4-3-10(12)18-11/h1,3-4,9H,5-8H2. The predicted molar refractivity (Wildman–Crippen MR) is 81.8 cm³/mol. The average molecular weight is 398 g/mol. The summed E-state index contributed by atoms with van der Waals surface area (Å²) in [6, 6.07) is 2.54. The first-order chi connectivity index (χ1) is 9.26. The smallest absolute Gasteiger partial charge is 0.229 e. The zero-order valence-electron chi connectivity index (χ0n) is 10.3. The zero-order chi connectivity index (χ0) is 15.0. The number of hydrogen-bond acceptors (Lipinski definition) is 5. The highest BCUT2D eigenvalue weighted by Crippen LogP contribution is 2.31. The zero-order valence-corrected chi connectivity index (χ0v) is 14.4. The van der Waals surface area contributed by atoms with Crippen LogP contribution in [0.1, 0.15) is 6.42 Å². The monoisotopic (exact) mass is 397 g/mol. The van der Waals surface area contributed by atoms with Crippen molar-refractivity contribution in [1.29, 1.82) is 0 Å². The van der Waals surface area contributed by atoms with E-state index in [4.69, 9.17) is 6.42 Å². The Hall–Kier alpha value is -0.400. The molecule has 0 aromatic carbocycles. The first kappa shape index (κ1) is 16.0. The van der Waals surface area contributed by atoms with E-state index in [0.717, 1.165) is 15.6 Å². The van der Waals surface area contributed by atoms with Gasteiger partial charge in [-0.05, 0) is 34.5 Å². The highest BCUT2D eigenvalue weighted by atomic mass is 79.9. The minimum absolute atomic E-state index is 0.00237. The number of sulfone groups is 1. The van der Waals surface area contributed by atoms with Gasteiger partial charge in [-0.1, -0.05) is 5.92 Å². The normalized spacial score (nSPS) is 21.9. The number of hydrogen-bond donors (Lipinski definition) is 0. The van der Waals surface area contributed by atoms with Crippen molar-refractivity contribution in [3.05, 3.63) is 15.9 Å². The second-order valence-corrected chi connectivity index (χ2v) is 11.2. The summed E-state index contributed by atoms with van der Waals surface area (Å²) in [5.74, 6) is 2.14. The summed E-state index contributed by atoms with van der Waals surface area (Å²) < 4.78 is 50.2. The number of terminal acetylenes is 1. The van der Waals surface area contributed by atoms with Crippen molar-refractivity contribution < 1.29 is 16.8 Å². The van der Waals surface area contributed by atoms with E-state index < -0.39 is 25.9 Å². The van der Waals surface area contributed by atoms with Gasteiger partial charge in [-0.15, -0.1) is 17.8 Å². The van der Waals surface area contributed by atoms with E-state index in [2.05, 4.69) is 21.9 Å². The molecule has 20 heavy (non-hydrogen) atoms. The molecule has 1 saturated heterocycles. The van der Waals surface area contributed by atoms with E-state index in [1.807, 2.05) is 0 Å². The van der Waals surface area contributed by atoms with E-state index in [1.54, 1.807) is 6.07 Å². The molecule has 1 unspecified atom stereocenters. The lowest BCUT2D eigenvalue weighted by atomic mass is 10.3. The van der Waals surface area contributed by atoms with E-state index >= 15 is 0 Å². The molecule has 1 aromatic heterocycles. The minimum atomic E-state index is -3.76. The summed E-state index contributed by atoms with van der Waals surface area (Å²) in [7, 11) is -6.94. The third-order valence-electron chi connectivity index (χ3n) is 2.97. The largest absolute Gasteiger partial charge is 0.253 e. The van der Waals surface area contributed by atoms with Crippen LogP contribution in [0.2, 0.25) is 0 Å².